The van der Waals surface area contributed by atoms with E-state index in [0.717, 1.165) is 11.4 Å². The monoisotopic (exact) mass is 377 g/mol. The SMILES string of the molecule is COc1ccc(-n2nnc(-c3ccccc3NC(=O)c3cccs3)n2)cc1. The number of nitrogens with one attached hydrogen (secondary N) is 1. The van der Waals surface area contributed by atoms with E-state index in [9.17, 15) is 4.79 Å². The van der Waals surface area contributed by atoms with E-state index in [4.69, 9.17) is 4.74 Å². The molecule has 2 heterocycles. The third-order valence-electron chi connectivity index (χ3n) is 3.88. The van der Waals surface area contributed by atoms with Gasteiger partial charge in [-0.25, -0.2) is 0 Å². The zero-order chi connectivity index (χ0) is 18.6. The van der Waals surface area contributed by atoms with Crippen molar-refractivity contribution in [3.05, 3.63) is 70.9 Å². The molecule has 4 rings (SSSR count). The number of ether oxygens (including phenoxy) is 1. The van der Waals surface area contributed by atoms with Crippen molar-refractivity contribution in [2.45, 2.75) is 0 Å². The quantitative estimate of drug-likeness (QED) is 0.574. The van der Waals surface area contributed by atoms with E-state index in [2.05, 4.69) is 20.7 Å². The maximum atomic E-state index is 12.4. The maximum Gasteiger partial charge on any atom is 0.265 e. The van der Waals surface area contributed by atoms with Gasteiger partial charge >= 0.3 is 0 Å². The van der Waals surface area contributed by atoms with Gasteiger partial charge in [0.2, 0.25) is 5.82 Å². The number of aromatic nitrogens is 4. The Morgan fingerprint density at radius 3 is 2.63 bits per heavy atom. The second kappa shape index (κ2) is 7.38. The molecule has 2 aromatic carbocycles. The molecule has 0 radical (unpaired) electrons. The molecule has 2 aromatic heterocycles. The van der Waals surface area contributed by atoms with E-state index < -0.39 is 0 Å². The highest BCUT2D eigenvalue weighted by molar-refractivity contribution is 7.12. The topological polar surface area (TPSA) is 81.9 Å². The van der Waals surface area contributed by atoms with Crippen LogP contribution in [0.15, 0.2) is 66.0 Å². The van der Waals surface area contributed by atoms with Gasteiger partial charge in [0.05, 0.1) is 23.4 Å². The zero-order valence-corrected chi connectivity index (χ0v) is 15.2. The second-order valence-corrected chi connectivity index (χ2v) is 6.53. The van der Waals surface area contributed by atoms with Crippen LogP contribution < -0.4 is 10.1 Å². The number of carbonyl (C=O) groups is 1. The first-order valence-electron chi connectivity index (χ1n) is 8.13. The molecule has 0 atom stereocenters. The summed E-state index contributed by atoms with van der Waals surface area (Å²) in [5.41, 5.74) is 2.09. The van der Waals surface area contributed by atoms with Crippen LogP contribution in [-0.2, 0) is 0 Å². The molecule has 1 N–H and O–H groups in total. The molecule has 0 bridgehead atoms. The molecule has 0 aliphatic heterocycles. The molecule has 0 saturated carbocycles. The number of para-hydroxylation sites is 1. The molecule has 0 spiro atoms. The largest absolute Gasteiger partial charge is 0.497 e. The highest BCUT2D eigenvalue weighted by Gasteiger charge is 2.14. The molecule has 0 saturated heterocycles. The van der Waals surface area contributed by atoms with Crippen LogP contribution in [0.2, 0.25) is 0 Å². The highest BCUT2D eigenvalue weighted by Crippen LogP contribution is 2.26. The number of rotatable bonds is 5. The number of hydrogen-bond acceptors (Lipinski definition) is 6. The van der Waals surface area contributed by atoms with Crippen molar-refractivity contribution < 1.29 is 9.53 Å². The van der Waals surface area contributed by atoms with Gasteiger partial charge in [-0.3, -0.25) is 4.79 Å². The first-order chi connectivity index (χ1) is 13.2. The lowest BCUT2D eigenvalue weighted by atomic mass is 10.1. The fourth-order valence-corrected chi connectivity index (χ4v) is 3.14. The van der Waals surface area contributed by atoms with E-state index in [1.807, 2.05) is 60.0 Å². The number of benzene rings is 2. The zero-order valence-electron chi connectivity index (χ0n) is 14.4. The summed E-state index contributed by atoms with van der Waals surface area (Å²) in [5, 5.41) is 17.5. The van der Waals surface area contributed by atoms with Crippen LogP contribution in [0, 0.1) is 0 Å². The number of tetrazole rings is 1. The third-order valence-corrected chi connectivity index (χ3v) is 4.75. The standard InChI is InChI=1S/C19H15N5O2S/c1-26-14-10-8-13(9-11-14)24-22-18(21-23-24)15-5-2-3-6-16(15)20-19(25)17-7-4-12-27-17/h2-12H,1H3,(H,20,25). The van der Waals surface area contributed by atoms with Crippen LogP contribution in [0.25, 0.3) is 17.1 Å². The lowest BCUT2D eigenvalue weighted by Gasteiger charge is -2.07. The fraction of sp³-hybridized carbons (Fsp3) is 0.0526. The average Bonchev–Trinajstić information content (AvgIpc) is 3.41. The van der Waals surface area contributed by atoms with Gasteiger partial charge in [-0.05, 0) is 53.1 Å². The van der Waals surface area contributed by atoms with Crippen molar-refractivity contribution in [3.63, 3.8) is 0 Å². The molecule has 8 heteroatoms. The first kappa shape index (κ1) is 16.9. The summed E-state index contributed by atoms with van der Waals surface area (Å²) in [5.74, 6) is 1.01. The fourth-order valence-electron chi connectivity index (χ4n) is 2.53. The maximum absolute atomic E-state index is 12.4. The van der Waals surface area contributed by atoms with Crippen molar-refractivity contribution in [2.75, 3.05) is 12.4 Å². The molecule has 27 heavy (non-hydrogen) atoms. The molecule has 0 fully saturated rings. The number of anilines is 1. The van der Waals surface area contributed by atoms with E-state index in [0.29, 0.717) is 22.0 Å². The van der Waals surface area contributed by atoms with Crippen molar-refractivity contribution in [3.8, 4) is 22.8 Å². The van der Waals surface area contributed by atoms with Gasteiger partial charge in [0.15, 0.2) is 0 Å². The lowest BCUT2D eigenvalue weighted by molar-refractivity contribution is 0.103. The Bertz CT molecular complexity index is 1060. The number of hydrogen-bond donors (Lipinski definition) is 1. The molecule has 0 aliphatic rings. The minimum absolute atomic E-state index is 0.167. The predicted octanol–water partition coefficient (Wildman–Crippen LogP) is 3.65. The Hall–Kier alpha value is -3.52. The van der Waals surface area contributed by atoms with Gasteiger partial charge in [0, 0.05) is 5.56 Å². The van der Waals surface area contributed by atoms with Crippen LogP contribution in [-0.4, -0.2) is 33.2 Å². The smallest absolute Gasteiger partial charge is 0.265 e. The van der Waals surface area contributed by atoms with Gasteiger partial charge in [-0.2, -0.15) is 0 Å². The molecule has 0 aliphatic carbocycles. The third kappa shape index (κ3) is 3.56. The number of nitrogens with zero attached hydrogens (tertiary/aromatic N) is 4. The van der Waals surface area contributed by atoms with Crippen LogP contribution in [0.5, 0.6) is 5.75 Å². The predicted molar refractivity (Wildman–Crippen MR) is 103 cm³/mol. The Kier molecular flexibility index (Phi) is 4.63. The number of amides is 1. The summed E-state index contributed by atoms with van der Waals surface area (Å²) >= 11 is 1.39. The Morgan fingerprint density at radius 1 is 1.07 bits per heavy atom. The van der Waals surface area contributed by atoms with Crippen molar-refractivity contribution in [2.24, 2.45) is 0 Å². The summed E-state index contributed by atoms with van der Waals surface area (Å²) in [4.78, 5) is 14.4. The summed E-state index contributed by atoms with van der Waals surface area (Å²) in [6, 6.07) is 18.3. The van der Waals surface area contributed by atoms with Crippen LogP contribution in [0.3, 0.4) is 0 Å². The first-order valence-corrected chi connectivity index (χ1v) is 9.01. The Labute approximate surface area is 159 Å². The Morgan fingerprint density at radius 2 is 1.89 bits per heavy atom. The normalized spacial score (nSPS) is 10.6. The number of methoxy groups -OCH3 is 1. The van der Waals surface area contributed by atoms with Crippen LogP contribution in [0.4, 0.5) is 5.69 Å². The van der Waals surface area contributed by atoms with Gasteiger partial charge in [0.25, 0.3) is 5.91 Å². The van der Waals surface area contributed by atoms with Gasteiger partial charge in [-0.15, -0.1) is 26.3 Å². The molecule has 1 amide bonds. The lowest BCUT2D eigenvalue weighted by Crippen LogP contribution is -2.11. The van der Waals surface area contributed by atoms with Gasteiger partial charge < -0.3 is 10.1 Å². The average molecular weight is 377 g/mol. The van der Waals surface area contributed by atoms with Gasteiger partial charge in [0.1, 0.15) is 5.75 Å². The van der Waals surface area contributed by atoms with E-state index in [1.54, 1.807) is 13.2 Å². The van der Waals surface area contributed by atoms with Crippen LogP contribution >= 0.6 is 11.3 Å². The molecule has 7 nitrogen and oxygen atoms in total. The Balaban J connectivity index is 1.62. The van der Waals surface area contributed by atoms with E-state index in [-0.39, 0.29) is 5.91 Å². The van der Waals surface area contributed by atoms with E-state index in [1.165, 1.54) is 16.1 Å². The summed E-state index contributed by atoms with van der Waals surface area (Å²) in [7, 11) is 1.61. The highest BCUT2D eigenvalue weighted by atomic mass is 32.1. The molecule has 0 unspecified atom stereocenters. The molecule has 134 valence electrons. The van der Waals surface area contributed by atoms with Crippen LogP contribution in [0.1, 0.15) is 9.67 Å². The summed E-state index contributed by atoms with van der Waals surface area (Å²) in [6.45, 7) is 0. The van der Waals surface area contributed by atoms with E-state index >= 15 is 0 Å². The van der Waals surface area contributed by atoms with Crippen molar-refractivity contribution in [1.82, 2.24) is 20.2 Å². The molecule has 4 aromatic rings. The molecular formula is C19H15N5O2S. The summed E-state index contributed by atoms with van der Waals surface area (Å²) in [6.07, 6.45) is 0. The van der Waals surface area contributed by atoms with Crippen molar-refractivity contribution in [1.29, 1.82) is 0 Å². The summed E-state index contributed by atoms with van der Waals surface area (Å²) < 4.78 is 5.16. The second-order valence-electron chi connectivity index (χ2n) is 5.58. The molecular weight excluding hydrogens is 362 g/mol. The van der Waals surface area contributed by atoms with Crippen molar-refractivity contribution >= 4 is 22.9 Å². The minimum atomic E-state index is -0.167. The van der Waals surface area contributed by atoms with Gasteiger partial charge in [-0.1, -0.05) is 18.2 Å². The minimum Gasteiger partial charge on any atom is -0.497 e. The number of thiophene rings is 1. The number of carbonyl (C=O) groups excluding carboxylic acids is 1.